The van der Waals surface area contributed by atoms with Crippen LogP contribution in [0.2, 0.25) is 0 Å². The Labute approximate surface area is 159 Å². The van der Waals surface area contributed by atoms with Crippen LogP contribution in [0, 0.1) is 13.8 Å². The molecule has 0 aliphatic rings. The van der Waals surface area contributed by atoms with E-state index >= 15 is 0 Å². The molecule has 3 rings (SSSR count). The molecule has 0 radical (unpaired) electrons. The van der Waals surface area contributed by atoms with Gasteiger partial charge in [-0.1, -0.05) is 37.3 Å². The molecule has 0 spiro atoms. The minimum atomic E-state index is -1.19. The third kappa shape index (κ3) is 3.85. The van der Waals surface area contributed by atoms with Crippen LogP contribution >= 0.6 is 0 Å². The minimum absolute atomic E-state index is 0.0555. The highest BCUT2D eigenvalue weighted by Gasteiger charge is 2.19. The zero-order valence-corrected chi connectivity index (χ0v) is 15.8. The molecule has 138 valence electrons. The topological polar surface area (TPSA) is 65.0 Å². The van der Waals surface area contributed by atoms with E-state index in [1.165, 1.54) is 0 Å². The van der Waals surface area contributed by atoms with E-state index in [-0.39, 0.29) is 11.5 Å². The van der Waals surface area contributed by atoms with E-state index in [0.717, 1.165) is 34.4 Å². The molecule has 1 aromatic heterocycles. The van der Waals surface area contributed by atoms with Crippen molar-refractivity contribution in [3.05, 3.63) is 88.7 Å². The monoisotopic (exact) mass is 359 g/mol. The van der Waals surface area contributed by atoms with Gasteiger partial charge >= 0.3 is 0 Å². The van der Waals surface area contributed by atoms with Crippen molar-refractivity contribution in [2.45, 2.75) is 33.1 Å². The van der Waals surface area contributed by atoms with Crippen LogP contribution < -0.4 is 10.4 Å². The number of carbonyl (C=O) groups is 1. The van der Waals surface area contributed by atoms with Crippen molar-refractivity contribution in [1.82, 2.24) is 4.98 Å². The first-order valence-corrected chi connectivity index (χ1v) is 9.10. The van der Waals surface area contributed by atoms with Crippen LogP contribution in [0.4, 0.5) is 11.4 Å². The Morgan fingerprint density at radius 1 is 1.07 bits per heavy atom. The number of aromatic nitrogens is 1. The van der Waals surface area contributed by atoms with Gasteiger partial charge < -0.3 is 15.2 Å². The van der Waals surface area contributed by atoms with Crippen molar-refractivity contribution in [3.8, 4) is 0 Å². The van der Waals surface area contributed by atoms with Gasteiger partial charge in [-0.2, -0.15) is 0 Å². The number of carboxylic acid groups (broad SMARTS) is 1. The fourth-order valence-electron chi connectivity index (χ4n) is 3.42. The fraction of sp³-hybridized carbons (Fsp3) is 0.217. The molecule has 0 aliphatic carbocycles. The van der Waals surface area contributed by atoms with Gasteiger partial charge in [0.1, 0.15) is 0 Å². The number of carboxylic acids is 1. The van der Waals surface area contributed by atoms with Crippen LogP contribution in [0.15, 0.2) is 60.9 Å². The molecule has 1 unspecified atom stereocenters. The van der Waals surface area contributed by atoms with Gasteiger partial charge in [0.25, 0.3) is 0 Å². The first-order chi connectivity index (χ1) is 13.0. The van der Waals surface area contributed by atoms with Gasteiger partial charge in [-0.3, -0.25) is 4.98 Å². The smallest absolute Gasteiger partial charge is 0.0736 e. The Kier molecular flexibility index (Phi) is 5.55. The molecule has 0 fully saturated rings. The second-order valence-electron chi connectivity index (χ2n) is 6.67. The average molecular weight is 359 g/mol. The number of benzene rings is 2. The van der Waals surface area contributed by atoms with E-state index in [2.05, 4.69) is 17.2 Å². The van der Waals surface area contributed by atoms with Gasteiger partial charge in [0.2, 0.25) is 0 Å². The summed E-state index contributed by atoms with van der Waals surface area (Å²) in [6, 6.07) is 15.3. The molecule has 1 N–H and O–H groups in total. The second kappa shape index (κ2) is 8.04. The van der Waals surface area contributed by atoms with Crippen LogP contribution in [-0.2, 0) is 0 Å². The summed E-state index contributed by atoms with van der Waals surface area (Å²) in [7, 11) is 0. The van der Waals surface area contributed by atoms with Gasteiger partial charge in [0.15, 0.2) is 0 Å². The van der Waals surface area contributed by atoms with Gasteiger partial charge in [-0.15, -0.1) is 0 Å². The summed E-state index contributed by atoms with van der Waals surface area (Å²) in [5.74, 6) is -1.13. The molecule has 0 saturated carbocycles. The third-order valence-corrected chi connectivity index (χ3v) is 5.07. The number of nitrogens with one attached hydrogen (secondary N) is 1. The van der Waals surface area contributed by atoms with E-state index in [1.54, 1.807) is 24.5 Å². The first-order valence-electron chi connectivity index (χ1n) is 9.10. The number of aromatic carboxylic acids is 1. The molecule has 0 amide bonds. The number of aryl methyl sites for hydroxylation is 1. The number of anilines is 2. The predicted octanol–water partition coefficient (Wildman–Crippen LogP) is 4.35. The Balaban J connectivity index is 2.16. The summed E-state index contributed by atoms with van der Waals surface area (Å²) in [6.45, 7) is 6.16. The summed E-state index contributed by atoms with van der Waals surface area (Å²) in [4.78, 5) is 15.9. The molecule has 2 aromatic carbocycles. The number of para-hydroxylation sites is 1. The molecule has 1 atom stereocenters. The van der Waals surface area contributed by atoms with Crippen LogP contribution in [0.25, 0.3) is 0 Å². The number of hydrogen-bond acceptors (Lipinski definition) is 4. The quantitative estimate of drug-likeness (QED) is 0.711. The van der Waals surface area contributed by atoms with Gasteiger partial charge in [-0.05, 0) is 60.7 Å². The summed E-state index contributed by atoms with van der Waals surface area (Å²) < 4.78 is 0. The second-order valence-corrected chi connectivity index (χ2v) is 6.67. The zero-order chi connectivity index (χ0) is 19.4. The summed E-state index contributed by atoms with van der Waals surface area (Å²) in [5.41, 5.74) is 5.94. The maximum Gasteiger partial charge on any atom is 0.0736 e. The maximum atomic E-state index is 11.8. The Morgan fingerprint density at radius 2 is 1.78 bits per heavy atom. The lowest BCUT2D eigenvalue weighted by molar-refractivity contribution is -0.254. The Morgan fingerprint density at radius 3 is 2.44 bits per heavy atom. The lowest BCUT2D eigenvalue weighted by Crippen LogP contribution is -2.24. The maximum absolute atomic E-state index is 11.8. The molecule has 4 nitrogen and oxygen atoms in total. The SMILES string of the molecule is CCC(c1ccncc1)c1cccc(C(=O)[O-])c1Nc1cccc(C)c1C. The summed E-state index contributed by atoms with van der Waals surface area (Å²) >= 11 is 0. The standard InChI is InChI=1S/C23H24N2O2/c1-4-18(17-11-13-24-14-12-17)19-8-6-9-20(23(26)27)22(19)25-21-10-5-7-15(2)16(21)3/h5-14,18,25H,4H2,1-3H3,(H,26,27)/p-1. The number of carbonyl (C=O) groups excluding carboxylic acids is 1. The van der Waals surface area contributed by atoms with E-state index in [1.807, 2.05) is 50.2 Å². The minimum Gasteiger partial charge on any atom is -0.545 e. The lowest BCUT2D eigenvalue weighted by Gasteiger charge is -2.24. The zero-order valence-electron chi connectivity index (χ0n) is 15.8. The molecule has 3 aromatic rings. The number of hydrogen-bond donors (Lipinski definition) is 1. The molecule has 0 aliphatic heterocycles. The van der Waals surface area contributed by atoms with Crippen LogP contribution in [-0.4, -0.2) is 11.0 Å². The summed E-state index contributed by atoms with van der Waals surface area (Å²) in [5, 5.41) is 15.2. The fourth-order valence-corrected chi connectivity index (χ4v) is 3.42. The molecule has 1 heterocycles. The van der Waals surface area contributed by atoms with E-state index in [0.29, 0.717) is 5.69 Å². The number of nitrogens with zero attached hydrogens (tertiary/aromatic N) is 1. The number of pyridine rings is 1. The molecular weight excluding hydrogens is 336 g/mol. The van der Waals surface area contributed by atoms with E-state index < -0.39 is 5.97 Å². The van der Waals surface area contributed by atoms with Crippen molar-refractivity contribution >= 4 is 17.3 Å². The van der Waals surface area contributed by atoms with Crippen molar-refractivity contribution in [3.63, 3.8) is 0 Å². The van der Waals surface area contributed by atoms with Crippen LogP contribution in [0.5, 0.6) is 0 Å². The van der Waals surface area contributed by atoms with Gasteiger partial charge in [0, 0.05) is 29.6 Å². The van der Waals surface area contributed by atoms with Gasteiger partial charge in [0.05, 0.1) is 11.7 Å². The van der Waals surface area contributed by atoms with E-state index in [9.17, 15) is 9.90 Å². The Hall–Kier alpha value is -3.14. The van der Waals surface area contributed by atoms with Crippen LogP contribution in [0.3, 0.4) is 0 Å². The lowest BCUT2D eigenvalue weighted by atomic mass is 9.87. The van der Waals surface area contributed by atoms with Crippen molar-refractivity contribution in [2.24, 2.45) is 0 Å². The normalized spacial score (nSPS) is 11.8. The average Bonchev–Trinajstić information content (AvgIpc) is 2.67. The molecular formula is C23H23N2O2-. The van der Waals surface area contributed by atoms with Crippen molar-refractivity contribution in [1.29, 1.82) is 0 Å². The largest absolute Gasteiger partial charge is 0.545 e. The first kappa shape index (κ1) is 18.6. The van der Waals surface area contributed by atoms with Crippen LogP contribution in [0.1, 0.15) is 51.9 Å². The third-order valence-electron chi connectivity index (χ3n) is 5.07. The highest BCUT2D eigenvalue weighted by atomic mass is 16.4. The van der Waals surface area contributed by atoms with Crippen molar-refractivity contribution in [2.75, 3.05) is 5.32 Å². The highest BCUT2D eigenvalue weighted by Crippen LogP contribution is 2.37. The van der Waals surface area contributed by atoms with Gasteiger partial charge in [-0.25, -0.2) is 0 Å². The molecule has 0 saturated heterocycles. The molecule has 0 bridgehead atoms. The summed E-state index contributed by atoms with van der Waals surface area (Å²) in [6.07, 6.45) is 4.36. The Bertz CT molecular complexity index is 952. The molecule has 27 heavy (non-hydrogen) atoms. The highest BCUT2D eigenvalue weighted by molar-refractivity contribution is 5.95. The predicted molar refractivity (Wildman–Crippen MR) is 106 cm³/mol. The number of rotatable bonds is 6. The van der Waals surface area contributed by atoms with Crippen molar-refractivity contribution < 1.29 is 9.90 Å². The van der Waals surface area contributed by atoms with E-state index in [4.69, 9.17) is 0 Å². The molecule has 4 heteroatoms.